The van der Waals surface area contributed by atoms with Gasteiger partial charge in [-0.05, 0) is 32.0 Å². The van der Waals surface area contributed by atoms with Crippen molar-refractivity contribution in [2.75, 3.05) is 26.4 Å². The predicted octanol–water partition coefficient (Wildman–Crippen LogP) is 3.25. The second kappa shape index (κ2) is 7.87. The van der Waals surface area contributed by atoms with Gasteiger partial charge in [0.1, 0.15) is 13.2 Å². The molecule has 0 spiro atoms. The Morgan fingerprint density at radius 1 is 1.10 bits per heavy atom. The van der Waals surface area contributed by atoms with Crippen LogP contribution in [0.4, 0.5) is 13.2 Å². The third kappa shape index (κ3) is 6.03. The number of hydrogen-bond acceptors (Lipinski definition) is 4. The minimum Gasteiger partial charge on any atom is -0.490 e. The number of halogens is 3. The standard InChI is InChI=1S/C14H17F3O4/c1-3-20-12-6-5-10(7-13(12)21-4-2)11(18)8-19-9-14(15,16)17/h5-7H,3-4,8-9H2,1-2H3. The van der Waals surface area contributed by atoms with Crippen LogP contribution in [0, 0.1) is 0 Å². The number of Topliss-reactive ketones (excluding diaryl/α,β-unsaturated/α-hetero) is 1. The molecular formula is C14H17F3O4. The van der Waals surface area contributed by atoms with Crippen LogP contribution in [-0.2, 0) is 4.74 Å². The summed E-state index contributed by atoms with van der Waals surface area (Å²) in [6, 6.07) is 4.45. The molecule has 0 fully saturated rings. The van der Waals surface area contributed by atoms with Gasteiger partial charge >= 0.3 is 6.18 Å². The first-order chi connectivity index (χ1) is 9.87. The summed E-state index contributed by atoms with van der Waals surface area (Å²) in [6.07, 6.45) is -4.45. The molecule has 0 aliphatic heterocycles. The minimum absolute atomic E-state index is 0.212. The Bertz CT molecular complexity index is 472. The summed E-state index contributed by atoms with van der Waals surface area (Å²) in [5, 5.41) is 0. The monoisotopic (exact) mass is 306 g/mol. The van der Waals surface area contributed by atoms with Gasteiger partial charge in [-0.2, -0.15) is 13.2 Å². The molecule has 0 N–H and O–H groups in total. The number of hydrogen-bond donors (Lipinski definition) is 0. The molecule has 1 aromatic carbocycles. The molecule has 1 aromatic rings. The maximum Gasteiger partial charge on any atom is 0.411 e. The van der Waals surface area contributed by atoms with Crippen molar-refractivity contribution in [2.24, 2.45) is 0 Å². The molecule has 0 bridgehead atoms. The van der Waals surface area contributed by atoms with Crippen LogP contribution >= 0.6 is 0 Å². The Hall–Kier alpha value is -1.76. The van der Waals surface area contributed by atoms with E-state index in [0.29, 0.717) is 24.7 Å². The highest BCUT2D eigenvalue weighted by Crippen LogP contribution is 2.28. The zero-order chi connectivity index (χ0) is 15.9. The molecule has 0 aromatic heterocycles. The van der Waals surface area contributed by atoms with Crippen LogP contribution in [0.2, 0.25) is 0 Å². The Morgan fingerprint density at radius 2 is 1.71 bits per heavy atom. The Labute approximate surface area is 120 Å². The molecule has 0 heterocycles. The molecule has 0 amide bonds. The SMILES string of the molecule is CCOc1ccc(C(=O)COCC(F)(F)F)cc1OCC. The number of rotatable bonds is 8. The molecular weight excluding hydrogens is 289 g/mol. The summed E-state index contributed by atoms with van der Waals surface area (Å²) in [6.45, 7) is 2.30. The molecule has 0 atom stereocenters. The lowest BCUT2D eigenvalue weighted by Crippen LogP contribution is -2.20. The molecule has 0 saturated carbocycles. The fraction of sp³-hybridized carbons (Fsp3) is 0.500. The summed E-state index contributed by atoms with van der Waals surface area (Å²) in [5.74, 6) is 0.302. The fourth-order valence-electron chi connectivity index (χ4n) is 1.57. The highest BCUT2D eigenvalue weighted by Gasteiger charge is 2.27. The highest BCUT2D eigenvalue weighted by atomic mass is 19.4. The fourth-order valence-corrected chi connectivity index (χ4v) is 1.57. The number of alkyl halides is 3. The van der Waals surface area contributed by atoms with E-state index < -0.39 is 25.2 Å². The van der Waals surface area contributed by atoms with Crippen LogP contribution in [0.3, 0.4) is 0 Å². The average Bonchev–Trinajstić information content (AvgIpc) is 2.39. The van der Waals surface area contributed by atoms with Crippen molar-refractivity contribution in [3.63, 3.8) is 0 Å². The van der Waals surface area contributed by atoms with E-state index in [1.165, 1.54) is 12.1 Å². The van der Waals surface area contributed by atoms with Crippen LogP contribution in [-0.4, -0.2) is 38.4 Å². The van der Waals surface area contributed by atoms with Crippen molar-refractivity contribution in [2.45, 2.75) is 20.0 Å². The molecule has 21 heavy (non-hydrogen) atoms. The van der Waals surface area contributed by atoms with Gasteiger partial charge in [-0.25, -0.2) is 0 Å². The largest absolute Gasteiger partial charge is 0.490 e. The lowest BCUT2D eigenvalue weighted by molar-refractivity contribution is -0.170. The normalized spacial score (nSPS) is 11.3. The molecule has 7 heteroatoms. The molecule has 118 valence electrons. The zero-order valence-corrected chi connectivity index (χ0v) is 11.8. The van der Waals surface area contributed by atoms with Gasteiger partial charge in [-0.1, -0.05) is 0 Å². The molecule has 0 aliphatic carbocycles. The van der Waals surface area contributed by atoms with Crippen LogP contribution in [0.5, 0.6) is 11.5 Å². The third-order valence-corrected chi connectivity index (χ3v) is 2.36. The van der Waals surface area contributed by atoms with Gasteiger partial charge in [0.25, 0.3) is 0 Å². The summed E-state index contributed by atoms with van der Waals surface area (Å²) < 4.78 is 50.8. The van der Waals surface area contributed by atoms with Crippen LogP contribution in [0.15, 0.2) is 18.2 Å². The van der Waals surface area contributed by atoms with Gasteiger partial charge in [0.15, 0.2) is 17.3 Å². The Kier molecular flexibility index (Phi) is 6.48. The summed E-state index contributed by atoms with van der Waals surface area (Å²) >= 11 is 0. The lowest BCUT2D eigenvalue weighted by atomic mass is 10.1. The maximum absolute atomic E-state index is 11.9. The van der Waals surface area contributed by atoms with E-state index >= 15 is 0 Å². The summed E-state index contributed by atoms with van der Waals surface area (Å²) in [5.41, 5.74) is 0.212. The van der Waals surface area contributed by atoms with E-state index in [1.54, 1.807) is 19.9 Å². The van der Waals surface area contributed by atoms with Crippen molar-refractivity contribution in [3.05, 3.63) is 23.8 Å². The van der Waals surface area contributed by atoms with Gasteiger partial charge < -0.3 is 14.2 Å². The number of benzene rings is 1. The highest BCUT2D eigenvalue weighted by molar-refractivity contribution is 5.97. The van der Waals surface area contributed by atoms with Gasteiger partial charge in [-0.15, -0.1) is 0 Å². The first-order valence-corrected chi connectivity index (χ1v) is 6.44. The first kappa shape index (κ1) is 17.3. The van der Waals surface area contributed by atoms with Crippen LogP contribution < -0.4 is 9.47 Å². The van der Waals surface area contributed by atoms with Crippen LogP contribution in [0.25, 0.3) is 0 Å². The predicted molar refractivity (Wildman–Crippen MR) is 70.0 cm³/mol. The molecule has 0 radical (unpaired) electrons. The molecule has 0 unspecified atom stereocenters. The molecule has 4 nitrogen and oxygen atoms in total. The van der Waals surface area contributed by atoms with E-state index in [9.17, 15) is 18.0 Å². The van der Waals surface area contributed by atoms with E-state index in [2.05, 4.69) is 4.74 Å². The maximum atomic E-state index is 11.9. The quantitative estimate of drug-likeness (QED) is 0.692. The minimum atomic E-state index is -4.45. The number of carbonyl (C=O) groups is 1. The van der Waals surface area contributed by atoms with Gasteiger partial charge in [0.05, 0.1) is 13.2 Å². The van der Waals surface area contributed by atoms with Gasteiger partial charge in [-0.3, -0.25) is 4.79 Å². The number of ether oxygens (including phenoxy) is 3. The first-order valence-electron chi connectivity index (χ1n) is 6.44. The van der Waals surface area contributed by atoms with Crippen molar-refractivity contribution in [1.82, 2.24) is 0 Å². The Balaban J connectivity index is 2.73. The van der Waals surface area contributed by atoms with Gasteiger partial charge in [0, 0.05) is 5.56 Å². The third-order valence-electron chi connectivity index (χ3n) is 2.36. The molecule has 1 rings (SSSR count). The second-order valence-electron chi connectivity index (χ2n) is 4.06. The lowest BCUT2D eigenvalue weighted by Gasteiger charge is -2.12. The second-order valence-corrected chi connectivity index (χ2v) is 4.06. The Morgan fingerprint density at radius 3 is 2.29 bits per heavy atom. The van der Waals surface area contributed by atoms with Crippen molar-refractivity contribution in [3.8, 4) is 11.5 Å². The van der Waals surface area contributed by atoms with Crippen molar-refractivity contribution >= 4 is 5.78 Å². The van der Waals surface area contributed by atoms with E-state index in [4.69, 9.17) is 9.47 Å². The van der Waals surface area contributed by atoms with Gasteiger partial charge in [0.2, 0.25) is 0 Å². The number of ketones is 1. The smallest absolute Gasteiger partial charge is 0.411 e. The average molecular weight is 306 g/mol. The van der Waals surface area contributed by atoms with E-state index in [1.807, 2.05) is 0 Å². The summed E-state index contributed by atoms with van der Waals surface area (Å²) in [4.78, 5) is 11.8. The number of carbonyl (C=O) groups excluding carboxylic acids is 1. The summed E-state index contributed by atoms with van der Waals surface area (Å²) in [7, 11) is 0. The van der Waals surface area contributed by atoms with Crippen molar-refractivity contribution in [1.29, 1.82) is 0 Å². The van der Waals surface area contributed by atoms with E-state index in [0.717, 1.165) is 0 Å². The van der Waals surface area contributed by atoms with E-state index in [-0.39, 0.29) is 5.56 Å². The molecule has 0 saturated heterocycles. The molecule has 0 aliphatic rings. The van der Waals surface area contributed by atoms with Crippen molar-refractivity contribution < 1.29 is 32.2 Å². The zero-order valence-electron chi connectivity index (χ0n) is 11.8. The van der Waals surface area contributed by atoms with Crippen LogP contribution in [0.1, 0.15) is 24.2 Å². The topological polar surface area (TPSA) is 44.8 Å².